The zero-order valence-electron chi connectivity index (χ0n) is 14.5. The normalized spacial score (nSPS) is 19.1. The van der Waals surface area contributed by atoms with Gasteiger partial charge in [0, 0.05) is 24.0 Å². The number of benzene rings is 1. The maximum Gasteiger partial charge on any atom is 0.319 e. The lowest BCUT2D eigenvalue weighted by Crippen LogP contribution is -2.40. The number of aliphatic carboxylic acids is 1. The maximum atomic E-state index is 12.1. The van der Waals surface area contributed by atoms with Crippen molar-refractivity contribution in [2.24, 2.45) is 5.92 Å². The smallest absolute Gasteiger partial charge is 0.319 e. The Kier molecular flexibility index (Phi) is 6.13. The monoisotopic (exact) mass is 389 g/mol. The Morgan fingerprint density at radius 1 is 1.07 bits per heavy atom. The van der Waals surface area contributed by atoms with Gasteiger partial charge in [-0.1, -0.05) is 11.6 Å². The zero-order valence-corrected chi connectivity index (χ0v) is 15.3. The number of carboxylic acid groups (broad SMARTS) is 1. The summed E-state index contributed by atoms with van der Waals surface area (Å²) in [6, 6.07) is 9.96. The van der Waals surface area contributed by atoms with E-state index < -0.39 is 5.97 Å². The number of rotatable bonds is 5. The van der Waals surface area contributed by atoms with E-state index in [2.05, 4.69) is 15.6 Å². The number of anilines is 1. The first-order chi connectivity index (χ1) is 13.0. The van der Waals surface area contributed by atoms with Crippen molar-refractivity contribution >= 4 is 29.3 Å². The summed E-state index contributed by atoms with van der Waals surface area (Å²) in [7, 11) is 0. The highest BCUT2D eigenvalue weighted by atomic mass is 35.5. The fourth-order valence-corrected chi connectivity index (χ4v) is 3.10. The quantitative estimate of drug-likeness (QED) is 0.708. The molecule has 0 radical (unpaired) electrons. The van der Waals surface area contributed by atoms with Crippen LogP contribution in [0.5, 0.6) is 11.6 Å². The van der Waals surface area contributed by atoms with Crippen molar-refractivity contribution in [3.63, 3.8) is 0 Å². The molecule has 3 rings (SSSR count). The van der Waals surface area contributed by atoms with Gasteiger partial charge in [0.1, 0.15) is 5.75 Å². The molecule has 1 saturated carbocycles. The Morgan fingerprint density at radius 3 is 2.37 bits per heavy atom. The van der Waals surface area contributed by atoms with Gasteiger partial charge in [0.25, 0.3) is 0 Å². The topological polar surface area (TPSA) is 101 Å². The Morgan fingerprint density at radius 2 is 1.78 bits per heavy atom. The standard InChI is InChI=1S/C19H20ClN3O4/c20-13-3-10-17(21-11-13)27-16-8-6-15(7-9-16)23-19(26)22-14-4-1-12(2-5-14)18(24)25/h3,6-12,14H,1-2,4-5H2,(H,24,25)(H2,22,23,26). The van der Waals surface area contributed by atoms with Crippen molar-refractivity contribution in [3.05, 3.63) is 47.6 Å². The van der Waals surface area contributed by atoms with Gasteiger partial charge in [0.2, 0.25) is 5.88 Å². The lowest BCUT2D eigenvalue weighted by molar-refractivity contribution is -0.142. The first kappa shape index (κ1) is 19.0. The third-order valence-corrected chi connectivity index (χ3v) is 4.67. The number of nitrogens with one attached hydrogen (secondary N) is 2. The third kappa shape index (κ3) is 5.59. The lowest BCUT2D eigenvalue weighted by atomic mass is 9.86. The van der Waals surface area contributed by atoms with Crippen LogP contribution in [-0.2, 0) is 4.79 Å². The second-order valence-corrected chi connectivity index (χ2v) is 6.86. The first-order valence-electron chi connectivity index (χ1n) is 8.69. The number of ether oxygens (including phenoxy) is 1. The van der Waals surface area contributed by atoms with Crippen LogP contribution >= 0.6 is 11.6 Å². The third-order valence-electron chi connectivity index (χ3n) is 4.45. The fraction of sp³-hybridized carbons (Fsp3) is 0.316. The van der Waals surface area contributed by atoms with Crippen molar-refractivity contribution in [1.29, 1.82) is 0 Å². The average Bonchev–Trinajstić information content (AvgIpc) is 2.65. The largest absolute Gasteiger partial charge is 0.481 e. The lowest BCUT2D eigenvalue weighted by Gasteiger charge is -2.26. The van der Waals surface area contributed by atoms with Crippen LogP contribution in [0.2, 0.25) is 5.02 Å². The first-order valence-corrected chi connectivity index (χ1v) is 9.07. The molecule has 0 spiro atoms. The second kappa shape index (κ2) is 8.73. The van der Waals surface area contributed by atoms with Crippen LogP contribution < -0.4 is 15.4 Å². The van der Waals surface area contributed by atoms with Crippen molar-refractivity contribution in [2.75, 3.05) is 5.32 Å². The van der Waals surface area contributed by atoms with Gasteiger partial charge >= 0.3 is 12.0 Å². The fourth-order valence-electron chi connectivity index (χ4n) is 2.99. The van der Waals surface area contributed by atoms with Crippen molar-refractivity contribution in [2.45, 2.75) is 31.7 Å². The number of aromatic nitrogens is 1. The molecule has 0 aliphatic heterocycles. The number of carbonyl (C=O) groups excluding carboxylic acids is 1. The molecule has 142 valence electrons. The highest BCUT2D eigenvalue weighted by Gasteiger charge is 2.26. The Bertz CT molecular complexity index is 788. The molecule has 0 bridgehead atoms. The predicted octanol–water partition coefficient (Wildman–Crippen LogP) is 4.29. The van der Waals surface area contributed by atoms with Gasteiger partial charge in [0.15, 0.2) is 0 Å². The van der Waals surface area contributed by atoms with Crippen molar-refractivity contribution < 1.29 is 19.4 Å². The number of amides is 2. The van der Waals surface area contributed by atoms with E-state index in [1.54, 1.807) is 36.4 Å². The van der Waals surface area contributed by atoms with Gasteiger partial charge in [0.05, 0.1) is 10.9 Å². The summed E-state index contributed by atoms with van der Waals surface area (Å²) in [4.78, 5) is 27.1. The van der Waals surface area contributed by atoms with E-state index in [0.29, 0.717) is 48.0 Å². The van der Waals surface area contributed by atoms with Crippen LogP contribution in [-0.4, -0.2) is 28.1 Å². The van der Waals surface area contributed by atoms with Crippen LogP contribution in [0.1, 0.15) is 25.7 Å². The van der Waals surface area contributed by atoms with E-state index in [9.17, 15) is 9.59 Å². The average molecular weight is 390 g/mol. The Hall–Kier alpha value is -2.80. The molecule has 1 aliphatic carbocycles. The van der Waals surface area contributed by atoms with Crippen LogP contribution in [0.4, 0.5) is 10.5 Å². The molecule has 0 unspecified atom stereocenters. The molecule has 1 aromatic carbocycles. The highest BCUT2D eigenvalue weighted by Crippen LogP contribution is 2.25. The second-order valence-electron chi connectivity index (χ2n) is 6.43. The van der Waals surface area contributed by atoms with Gasteiger partial charge < -0.3 is 20.5 Å². The Labute approximate surface area is 161 Å². The SMILES string of the molecule is O=C(Nc1ccc(Oc2ccc(Cl)cn2)cc1)NC1CCC(C(=O)O)CC1. The van der Waals surface area contributed by atoms with Crippen LogP contribution in [0.25, 0.3) is 0 Å². The summed E-state index contributed by atoms with van der Waals surface area (Å²) in [6.07, 6.45) is 4.02. The van der Waals surface area contributed by atoms with Crippen LogP contribution in [0.15, 0.2) is 42.6 Å². The molecule has 27 heavy (non-hydrogen) atoms. The molecule has 1 heterocycles. The predicted molar refractivity (Wildman–Crippen MR) is 101 cm³/mol. The summed E-state index contributed by atoms with van der Waals surface area (Å²) in [5, 5.41) is 15.2. The summed E-state index contributed by atoms with van der Waals surface area (Å²) >= 11 is 5.78. The number of pyridine rings is 1. The number of carboxylic acids is 1. The number of halogens is 1. The minimum Gasteiger partial charge on any atom is -0.481 e. The summed E-state index contributed by atoms with van der Waals surface area (Å²) in [5.41, 5.74) is 0.628. The molecular weight excluding hydrogens is 370 g/mol. The molecule has 2 aromatic rings. The van der Waals surface area contributed by atoms with E-state index in [-0.39, 0.29) is 18.0 Å². The molecule has 1 fully saturated rings. The molecule has 1 aromatic heterocycles. The van der Waals surface area contributed by atoms with Gasteiger partial charge in [-0.25, -0.2) is 9.78 Å². The van der Waals surface area contributed by atoms with Crippen LogP contribution in [0, 0.1) is 5.92 Å². The van der Waals surface area contributed by atoms with E-state index in [4.69, 9.17) is 21.4 Å². The Balaban J connectivity index is 1.47. The van der Waals surface area contributed by atoms with Gasteiger partial charge in [-0.3, -0.25) is 4.79 Å². The molecule has 0 saturated heterocycles. The minimum atomic E-state index is -0.756. The molecule has 2 amide bonds. The van der Waals surface area contributed by atoms with Gasteiger partial charge in [-0.05, 0) is 56.0 Å². The van der Waals surface area contributed by atoms with Crippen molar-refractivity contribution in [1.82, 2.24) is 10.3 Å². The van der Waals surface area contributed by atoms with Crippen LogP contribution in [0.3, 0.4) is 0 Å². The molecule has 7 nitrogen and oxygen atoms in total. The van der Waals surface area contributed by atoms with E-state index in [0.717, 1.165) is 0 Å². The van der Waals surface area contributed by atoms with E-state index in [1.165, 1.54) is 6.20 Å². The highest BCUT2D eigenvalue weighted by molar-refractivity contribution is 6.30. The summed E-state index contributed by atoms with van der Waals surface area (Å²) in [5.74, 6) is -0.0413. The van der Waals surface area contributed by atoms with E-state index >= 15 is 0 Å². The van der Waals surface area contributed by atoms with E-state index in [1.807, 2.05) is 0 Å². The number of hydrogen-bond donors (Lipinski definition) is 3. The number of urea groups is 1. The molecular formula is C19H20ClN3O4. The summed E-state index contributed by atoms with van der Waals surface area (Å²) in [6.45, 7) is 0. The molecule has 1 aliphatic rings. The molecule has 8 heteroatoms. The number of hydrogen-bond acceptors (Lipinski definition) is 4. The minimum absolute atomic E-state index is 0.000754. The van der Waals surface area contributed by atoms with Gasteiger partial charge in [-0.2, -0.15) is 0 Å². The number of carbonyl (C=O) groups is 2. The molecule has 0 atom stereocenters. The van der Waals surface area contributed by atoms with Crippen molar-refractivity contribution in [3.8, 4) is 11.6 Å². The van der Waals surface area contributed by atoms with Gasteiger partial charge in [-0.15, -0.1) is 0 Å². The zero-order chi connectivity index (χ0) is 19.2. The summed E-state index contributed by atoms with van der Waals surface area (Å²) < 4.78 is 5.60. The maximum absolute atomic E-state index is 12.1. The molecule has 3 N–H and O–H groups in total. The number of nitrogens with zero attached hydrogens (tertiary/aromatic N) is 1.